The average Bonchev–Trinajstić information content (AvgIpc) is 2.73. The minimum Gasteiger partial charge on any atom is -0.469 e. The van der Waals surface area contributed by atoms with E-state index in [4.69, 9.17) is 9.47 Å². The summed E-state index contributed by atoms with van der Waals surface area (Å²) in [6, 6.07) is 0. The second kappa shape index (κ2) is 2.46. The molecule has 3 atom stereocenters. The smallest absolute Gasteiger partial charge is 0.308 e. The van der Waals surface area contributed by atoms with E-state index in [1.807, 2.05) is 0 Å². The number of hydrogen-bond acceptors (Lipinski definition) is 3. The van der Waals surface area contributed by atoms with Crippen molar-refractivity contribution in [1.82, 2.24) is 0 Å². The lowest BCUT2D eigenvalue weighted by atomic mass is 9.82. The van der Waals surface area contributed by atoms with Crippen molar-refractivity contribution >= 4 is 5.97 Å². The zero-order valence-corrected chi connectivity index (χ0v) is 7.50. The van der Waals surface area contributed by atoms with Gasteiger partial charge in [-0.3, -0.25) is 4.79 Å². The van der Waals surface area contributed by atoms with E-state index in [0.29, 0.717) is 6.10 Å². The second-order valence-electron chi connectivity index (χ2n) is 3.92. The van der Waals surface area contributed by atoms with Crippen LogP contribution in [0.25, 0.3) is 0 Å². The topological polar surface area (TPSA) is 38.8 Å². The maximum absolute atomic E-state index is 11.2. The van der Waals surface area contributed by atoms with Crippen LogP contribution in [0.5, 0.6) is 0 Å². The monoisotopic (exact) mass is 170 g/mol. The van der Waals surface area contributed by atoms with Crippen LogP contribution in [0.2, 0.25) is 0 Å². The molecule has 0 spiro atoms. The molecule has 1 heterocycles. The molecule has 68 valence electrons. The molecule has 3 nitrogen and oxygen atoms in total. The van der Waals surface area contributed by atoms with Crippen LogP contribution in [0.15, 0.2) is 0 Å². The van der Waals surface area contributed by atoms with Gasteiger partial charge in [-0.05, 0) is 26.2 Å². The van der Waals surface area contributed by atoms with Gasteiger partial charge in [-0.2, -0.15) is 0 Å². The van der Waals surface area contributed by atoms with Gasteiger partial charge in [0.05, 0.1) is 24.7 Å². The third-order valence-corrected chi connectivity index (χ3v) is 3.00. The van der Waals surface area contributed by atoms with Gasteiger partial charge in [-0.15, -0.1) is 0 Å². The Bertz CT molecular complexity index is 214. The van der Waals surface area contributed by atoms with Crippen LogP contribution in [0.1, 0.15) is 26.2 Å². The molecule has 0 bridgehead atoms. The van der Waals surface area contributed by atoms with Crippen molar-refractivity contribution in [3.05, 3.63) is 0 Å². The predicted octanol–water partition coefficient (Wildman–Crippen LogP) is 1.12. The van der Waals surface area contributed by atoms with Gasteiger partial charge in [0.2, 0.25) is 0 Å². The van der Waals surface area contributed by atoms with E-state index in [2.05, 4.69) is 6.92 Å². The molecule has 2 fully saturated rings. The van der Waals surface area contributed by atoms with Gasteiger partial charge in [0.25, 0.3) is 0 Å². The fourth-order valence-corrected chi connectivity index (χ4v) is 2.15. The molecule has 3 unspecified atom stereocenters. The Morgan fingerprint density at radius 3 is 2.92 bits per heavy atom. The van der Waals surface area contributed by atoms with Crippen molar-refractivity contribution in [3.8, 4) is 0 Å². The molecule has 0 amide bonds. The summed E-state index contributed by atoms with van der Waals surface area (Å²) in [5.74, 6) is -0.0103. The lowest BCUT2D eigenvalue weighted by molar-refractivity contribution is -0.146. The highest BCUT2D eigenvalue weighted by atomic mass is 16.6. The highest BCUT2D eigenvalue weighted by molar-refractivity contribution is 5.72. The van der Waals surface area contributed by atoms with Crippen LogP contribution in [-0.2, 0) is 14.3 Å². The second-order valence-corrected chi connectivity index (χ2v) is 3.92. The maximum Gasteiger partial charge on any atom is 0.308 e. The number of carbonyl (C=O) groups is 1. The van der Waals surface area contributed by atoms with E-state index in [1.165, 1.54) is 7.11 Å². The summed E-state index contributed by atoms with van der Waals surface area (Å²) in [7, 11) is 1.45. The van der Waals surface area contributed by atoms with Crippen molar-refractivity contribution in [3.63, 3.8) is 0 Å². The minimum atomic E-state index is -0.0785. The van der Waals surface area contributed by atoms with Gasteiger partial charge in [0.15, 0.2) is 0 Å². The van der Waals surface area contributed by atoms with E-state index < -0.39 is 0 Å². The van der Waals surface area contributed by atoms with Crippen molar-refractivity contribution in [2.45, 2.75) is 37.9 Å². The lowest BCUT2D eigenvalue weighted by Gasteiger charge is -2.20. The number of fused-ring (bicyclic) bond motifs is 1. The fraction of sp³-hybridized carbons (Fsp3) is 0.889. The SMILES string of the molecule is COC(=O)C1CCC2OC2(C)C1. The van der Waals surface area contributed by atoms with Gasteiger partial charge >= 0.3 is 5.97 Å². The average molecular weight is 170 g/mol. The summed E-state index contributed by atoms with van der Waals surface area (Å²) < 4.78 is 10.2. The normalized spacial score (nSPS) is 44.8. The number of hydrogen-bond donors (Lipinski definition) is 0. The van der Waals surface area contributed by atoms with Crippen LogP contribution < -0.4 is 0 Å². The van der Waals surface area contributed by atoms with Gasteiger partial charge in [0, 0.05) is 0 Å². The molecule has 0 N–H and O–H groups in total. The van der Waals surface area contributed by atoms with Crippen LogP contribution in [0.3, 0.4) is 0 Å². The van der Waals surface area contributed by atoms with Gasteiger partial charge in [0.1, 0.15) is 0 Å². The van der Waals surface area contributed by atoms with Gasteiger partial charge in [-0.25, -0.2) is 0 Å². The molecule has 12 heavy (non-hydrogen) atoms. The first-order chi connectivity index (χ1) is 5.65. The molecule has 1 saturated heterocycles. The number of methoxy groups -OCH3 is 1. The van der Waals surface area contributed by atoms with Crippen molar-refractivity contribution in [2.75, 3.05) is 7.11 Å². The van der Waals surface area contributed by atoms with E-state index in [-0.39, 0.29) is 17.5 Å². The number of ether oxygens (including phenoxy) is 2. The predicted molar refractivity (Wildman–Crippen MR) is 42.6 cm³/mol. The molecule has 2 aliphatic rings. The summed E-state index contributed by atoms with van der Waals surface area (Å²) in [4.78, 5) is 11.2. The minimum absolute atomic E-state index is 0.00287. The molecule has 0 radical (unpaired) electrons. The third kappa shape index (κ3) is 1.12. The zero-order chi connectivity index (χ0) is 8.77. The molecule has 0 aromatic heterocycles. The van der Waals surface area contributed by atoms with Crippen LogP contribution in [0, 0.1) is 5.92 Å². The largest absolute Gasteiger partial charge is 0.469 e. The van der Waals surface area contributed by atoms with Gasteiger partial charge in [-0.1, -0.05) is 0 Å². The van der Waals surface area contributed by atoms with Crippen LogP contribution in [0.4, 0.5) is 0 Å². The highest BCUT2D eigenvalue weighted by Gasteiger charge is 2.56. The van der Waals surface area contributed by atoms with Gasteiger partial charge < -0.3 is 9.47 Å². The summed E-state index contributed by atoms with van der Waals surface area (Å²) in [5, 5.41) is 0. The fourth-order valence-electron chi connectivity index (χ4n) is 2.15. The van der Waals surface area contributed by atoms with E-state index >= 15 is 0 Å². The Hall–Kier alpha value is -0.570. The van der Waals surface area contributed by atoms with Crippen LogP contribution >= 0.6 is 0 Å². The quantitative estimate of drug-likeness (QED) is 0.437. The number of epoxide rings is 1. The summed E-state index contributed by atoms with van der Waals surface area (Å²) in [5.41, 5.74) is -0.00287. The van der Waals surface area contributed by atoms with Crippen LogP contribution in [-0.4, -0.2) is 24.8 Å². The summed E-state index contributed by atoms with van der Waals surface area (Å²) >= 11 is 0. The first-order valence-electron chi connectivity index (χ1n) is 4.41. The lowest BCUT2D eigenvalue weighted by Crippen LogP contribution is -2.28. The number of rotatable bonds is 1. The van der Waals surface area contributed by atoms with E-state index in [0.717, 1.165) is 19.3 Å². The molecular weight excluding hydrogens is 156 g/mol. The van der Waals surface area contributed by atoms with Crippen molar-refractivity contribution in [2.24, 2.45) is 5.92 Å². The molecule has 3 heteroatoms. The summed E-state index contributed by atoms with van der Waals surface area (Å²) in [6.45, 7) is 2.08. The third-order valence-electron chi connectivity index (χ3n) is 3.00. The molecule has 1 saturated carbocycles. The molecule has 0 aromatic rings. The van der Waals surface area contributed by atoms with E-state index in [1.54, 1.807) is 0 Å². The molecular formula is C9H14O3. The first-order valence-corrected chi connectivity index (χ1v) is 4.41. The Morgan fingerprint density at radius 2 is 2.33 bits per heavy atom. The first kappa shape index (κ1) is 8.05. The van der Waals surface area contributed by atoms with Crippen molar-refractivity contribution < 1.29 is 14.3 Å². The van der Waals surface area contributed by atoms with Crippen molar-refractivity contribution in [1.29, 1.82) is 0 Å². The standard InChI is InChI=1S/C9H14O3/c1-9-5-6(8(10)11-2)3-4-7(9)12-9/h6-7H,3-5H2,1-2H3. The Labute approximate surface area is 72.0 Å². The number of carbonyl (C=O) groups excluding carboxylic acids is 1. The summed E-state index contributed by atoms with van der Waals surface area (Å²) in [6.07, 6.45) is 3.19. The zero-order valence-electron chi connectivity index (χ0n) is 7.50. The molecule has 0 aromatic carbocycles. The Morgan fingerprint density at radius 1 is 1.58 bits per heavy atom. The Balaban J connectivity index is 1.97. The molecule has 1 aliphatic carbocycles. The number of esters is 1. The molecule has 1 aliphatic heterocycles. The molecule has 2 rings (SSSR count). The Kier molecular flexibility index (Phi) is 1.65. The van der Waals surface area contributed by atoms with E-state index in [9.17, 15) is 4.79 Å². The maximum atomic E-state index is 11.2. The highest BCUT2D eigenvalue weighted by Crippen LogP contribution is 2.49.